The molecule has 0 aliphatic carbocycles. The van der Waals surface area contributed by atoms with E-state index < -0.39 is 11.9 Å². The van der Waals surface area contributed by atoms with Crippen molar-refractivity contribution >= 4 is 23.3 Å². The van der Waals surface area contributed by atoms with E-state index in [4.69, 9.17) is 9.47 Å². The Morgan fingerprint density at radius 1 is 0.750 bits per heavy atom. The fraction of sp³-hybridized carbons (Fsp3) is 0.222. The number of azo groups is 1. The predicted molar refractivity (Wildman–Crippen MR) is 89.2 cm³/mol. The van der Waals surface area contributed by atoms with Crippen LogP contribution in [0.4, 0.5) is 11.4 Å². The van der Waals surface area contributed by atoms with Crippen molar-refractivity contribution in [1.82, 2.24) is 0 Å². The quantitative estimate of drug-likeness (QED) is 0.620. The molecule has 0 aliphatic rings. The summed E-state index contributed by atoms with van der Waals surface area (Å²) in [5.74, 6) is -0.870. The minimum atomic E-state index is -0.435. The van der Waals surface area contributed by atoms with Crippen molar-refractivity contribution in [2.45, 2.75) is 13.8 Å². The third kappa shape index (κ3) is 3.84. The first-order chi connectivity index (χ1) is 11.5. The van der Waals surface area contributed by atoms with Crippen LogP contribution in [0, 0.1) is 13.8 Å². The maximum absolute atomic E-state index is 11.6. The minimum absolute atomic E-state index is 0.400. The molecule has 0 fully saturated rings. The molecule has 6 heteroatoms. The van der Waals surface area contributed by atoms with E-state index in [9.17, 15) is 9.59 Å². The van der Waals surface area contributed by atoms with E-state index in [0.717, 1.165) is 11.1 Å². The van der Waals surface area contributed by atoms with E-state index in [0.29, 0.717) is 22.5 Å². The summed E-state index contributed by atoms with van der Waals surface area (Å²) in [6.45, 7) is 3.74. The van der Waals surface area contributed by atoms with Crippen LogP contribution in [0.25, 0.3) is 0 Å². The molecule has 0 spiro atoms. The van der Waals surface area contributed by atoms with Gasteiger partial charge in [-0.15, -0.1) is 0 Å². The van der Waals surface area contributed by atoms with Crippen LogP contribution in [0.2, 0.25) is 0 Å². The average Bonchev–Trinajstić information content (AvgIpc) is 2.60. The molecule has 0 radical (unpaired) electrons. The van der Waals surface area contributed by atoms with Crippen LogP contribution in [-0.2, 0) is 9.47 Å². The van der Waals surface area contributed by atoms with Gasteiger partial charge in [0, 0.05) is 0 Å². The van der Waals surface area contributed by atoms with Crippen molar-refractivity contribution in [3.63, 3.8) is 0 Å². The first-order valence-corrected chi connectivity index (χ1v) is 7.26. The zero-order valence-electron chi connectivity index (χ0n) is 14.0. The molecule has 0 unspecified atom stereocenters. The fourth-order valence-electron chi connectivity index (χ4n) is 2.03. The lowest BCUT2D eigenvalue weighted by atomic mass is 10.1. The molecule has 0 aliphatic heterocycles. The number of benzene rings is 2. The second-order valence-electron chi connectivity index (χ2n) is 5.19. The third-order valence-corrected chi connectivity index (χ3v) is 3.53. The van der Waals surface area contributed by atoms with Gasteiger partial charge in [-0.1, -0.05) is 12.1 Å². The van der Waals surface area contributed by atoms with Crippen molar-refractivity contribution in [3.05, 3.63) is 58.7 Å². The maximum atomic E-state index is 11.6. The third-order valence-electron chi connectivity index (χ3n) is 3.53. The Morgan fingerprint density at radius 3 is 1.46 bits per heavy atom. The van der Waals surface area contributed by atoms with Crippen molar-refractivity contribution in [2.75, 3.05) is 14.2 Å². The standard InChI is InChI=1S/C18H18N2O4/c1-11-5-7-13(17(21)23-3)9-15(11)19-20-16-10-14(18(22)24-4)8-6-12(16)2/h5-10H,1-4H3. The molecule has 124 valence electrons. The lowest BCUT2D eigenvalue weighted by molar-refractivity contribution is 0.0592. The monoisotopic (exact) mass is 326 g/mol. The van der Waals surface area contributed by atoms with Gasteiger partial charge in [0.2, 0.25) is 0 Å². The van der Waals surface area contributed by atoms with Gasteiger partial charge in [-0.3, -0.25) is 0 Å². The van der Waals surface area contributed by atoms with Gasteiger partial charge >= 0.3 is 11.9 Å². The van der Waals surface area contributed by atoms with E-state index in [1.54, 1.807) is 36.4 Å². The smallest absolute Gasteiger partial charge is 0.337 e. The number of carbonyl (C=O) groups is 2. The van der Waals surface area contributed by atoms with Crippen LogP contribution < -0.4 is 0 Å². The fourth-order valence-corrected chi connectivity index (χ4v) is 2.03. The SMILES string of the molecule is COC(=O)c1ccc(C)c(N=Nc2cc(C(=O)OC)ccc2C)c1. The Morgan fingerprint density at radius 2 is 1.12 bits per heavy atom. The van der Waals surface area contributed by atoms with Gasteiger partial charge in [0.25, 0.3) is 0 Å². The summed E-state index contributed by atoms with van der Waals surface area (Å²) in [4.78, 5) is 23.2. The molecule has 0 saturated heterocycles. The highest BCUT2D eigenvalue weighted by Crippen LogP contribution is 2.26. The molecule has 2 rings (SSSR count). The number of aryl methyl sites for hydroxylation is 2. The van der Waals surface area contributed by atoms with Crippen LogP contribution in [0.1, 0.15) is 31.8 Å². The highest BCUT2D eigenvalue weighted by atomic mass is 16.5. The number of carbonyl (C=O) groups excluding carboxylic acids is 2. The van der Waals surface area contributed by atoms with Crippen LogP contribution >= 0.6 is 0 Å². The number of methoxy groups -OCH3 is 2. The molecule has 6 nitrogen and oxygen atoms in total. The Kier molecular flexibility index (Phi) is 5.42. The number of hydrogen-bond acceptors (Lipinski definition) is 6. The van der Waals surface area contributed by atoms with E-state index in [-0.39, 0.29) is 0 Å². The van der Waals surface area contributed by atoms with E-state index >= 15 is 0 Å². The molecule has 2 aromatic rings. The van der Waals surface area contributed by atoms with Gasteiger partial charge in [0.05, 0.1) is 36.7 Å². The van der Waals surface area contributed by atoms with Gasteiger partial charge in [0.1, 0.15) is 0 Å². The molecule has 0 amide bonds. The van der Waals surface area contributed by atoms with E-state index in [2.05, 4.69) is 10.2 Å². The normalized spacial score (nSPS) is 10.7. The van der Waals surface area contributed by atoms with Crippen LogP contribution in [0.3, 0.4) is 0 Å². The zero-order valence-corrected chi connectivity index (χ0v) is 14.0. The topological polar surface area (TPSA) is 77.3 Å². The summed E-state index contributed by atoms with van der Waals surface area (Å²) >= 11 is 0. The Hall–Kier alpha value is -3.02. The molecule has 0 atom stereocenters. The zero-order chi connectivity index (χ0) is 17.7. The van der Waals surface area contributed by atoms with Crippen molar-refractivity contribution in [2.24, 2.45) is 10.2 Å². The average molecular weight is 326 g/mol. The summed E-state index contributed by atoms with van der Waals surface area (Å²) in [5.41, 5.74) is 3.65. The van der Waals surface area contributed by atoms with Crippen molar-refractivity contribution in [1.29, 1.82) is 0 Å². The molecule has 0 heterocycles. The van der Waals surface area contributed by atoms with E-state index in [1.165, 1.54) is 14.2 Å². The summed E-state index contributed by atoms with van der Waals surface area (Å²) in [6, 6.07) is 10.1. The van der Waals surface area contributed by atoms with Crippen LogP contribution in [-0.4, -0.2) is 26.2 Å². The first-order valence-electron chi connectivity index (χ1n) is 7.26. The van der Waals surface area contributed by atoms with Crippen LogP contribution in [0.15, 0.2) is 46.6 Å². The Bertz CT molecular complexity index is 745. The first kappa shape index (κ1) is 17.3. The molecule has 0 saturated carbocycles. The molecule has 0 bridgehead atoms. The number of rotatable bonds is 4. The highest BCUT2D eigenvalue weighted by molar-refractivity contribution is 5.91. The second kappa shape index (κ2) is 7.50. The van der Waals surface area contributed by atoms with Gasteiger partial charge in [0.15, 0.2) is 0 Å². The minimum Gasteiger partial charge on any atom is -0.465 e. The number of hydrogen-bond donors (Lipinski definition) is 0. The van der Waals surface area contributed by atoms with E-state index in [1.807, 2.05) is 13.8 Å². The lowest BCUT2D eigenvalue weighted by Gasteiger charge is -2.05. The molecule has 0 N–H and O–H groups in total. The second-order valence-corrected chi connectivity index (χ2v) is 5.19. The Labute approximate surface area is 140 Å². The maximum Gasteiger partial charge on any atom is 0.337 e. The summed E-state index contributed by atoms with van der Waals surface area (Å²) in [7, 11) is 2.65. The molecule has 0 aromatic heterocycles. The number of nitrogens with zero attached hydrogens (tertiary/aromatic N) is 2. The number of esters is 2. The molecular weight excluding hydrogens is 308 g/mol. The van der Waals surface area contributed by atoms with Crippen molar-refractivity contribution in [3.8, 4) is 0 Å². The van der Waals surface area contributed by atoms with Crippen molar-refractivity contribution < 1.29 is 19.1 Å². The Balaban J connectivity index is 2.37. The summed E-state index contributed by atoms with van der Waals surface area (Å²) < 4.78 is 9.41. The molecule has 24 heavy (non-hydrogen) atoms. The van der Waals surface area contributed by atoms with Crippen LogP contribution in [0.5, 0.6) is 0 Å². The van der Waals surface area contributed by atoms with Gasteiger partial charge in [-0.25, -0.2) is 9.59 Å². The van der Waals surface area contributed by atoms with Gasteiger partial charge < -0.3 is 9.47 Å². The molecule has 2 aromatic carbocycles. The largest absolute Gasteiger partial charge is 0.465 e. The summed E-state index contributed by atoms with van der Waals surface area (Å²) in [5, 5.41) is 8.41. The van der Waals surface area contributed by atoms with Gasteiger partial charge in [-0.05, 0) is 49.2 Å². The number of ether oxygens (including phenoxy) is 2. The van der Waals surface area contributed by atoms with Gasteiger partial charge in [-0.2, -0.15) is 10.2 Å². The predicted octanol–water partition coefficient (Wildman–Crippen LogP) is 4.29. The molecular formula is C18H18N2O4. The lowest BCUT2D eigenvalue weighted by Crippen LogP contribution is -2.00. The highest BCUT2D eigenvalue weighted by Gasteiger charge is 2.09. The summed E-state index contributed by atoms with van der Waals surface area (Å²) in [6.07, 6.45) is 0.